The minimum atomic E-state index is -1.62. The number of Topliss-reactive ketones (excluding diaryl/α,β-unsaturated/α-hetero) is 1. The van der Waals surface area contributed by atoms with E-state index in [4.69, 9.17) is 4.42 Å². The minimum Gasteiger partial charge on any atom is -0.461 e. The van der Waals surface area contributed by atoms with Crippen molar-refractivity contribution >= 4 is 23.6 Å². The predicted octanol–water partition coefficient (Wildman–Crippen LogP) is 1.80. The Labute approximate surface area is 137 Å². The molecule has 0 aliphatic carbocycles. The van der Waals surface area contributed by atoms with Crippen LogP contribution in [0, 0.1) is 5.92 Å². The van der Waals surface area contributed by atoms with Gasteiger partial charge in [-0.25, -0.2) is 4.79 Å². The van der Waals surface area contributed by atoms with Crippen LogP contribution in [0.3, 0.4) is 0 Å². The van der Waals surface area contributed by atoms with Gasteiger partial charge in [-0.2, -0.15) is 0 Å². The zero-order valence-corrected chi connectivity index (χ0v) is 13.1. The van der Waals surface area contributed by atoms with Gasteiger partial charge in [0.05, 0.1) is 6.26 Å². The number of ketones is 1. The molecule has 0 bridgehead atoms. The van der Waals surface area contributed by atoms with Gasteiger partial charge in [-0.15, -0.1) is 0 Å². The molecule has 0 spiro atoms. The Morgan fingerprint density at radius 3 is 2.12 bits per heavy atom. The van der Waals surface area contributed by atoms with Crippen LogP contribution in [0.2, 0.25) is 0 Å². The highest BCUT2D eigenvalue weighted by molar-refractivity contribution is 6.29. The summed E-state index contributed by atoms with van der Waals surface area (Å²) in [6.45, 7) is 0. The summed E-state index contributed by atoms with van der Waals surface area (Å²) >= 11 is 0. The first kappa shape index (κ1) is 15.7. The maximum absolute atomic E-state index is 12.8. The second-order valence-corrected chi connectivity index (χ2v) is 5.40. The smallest absolute Gasteiger partial charge is 0.332 e. The first-order valence-electron chi connectivity index (χ1n) is 7.19. The van der Waals surface area contributed by atoms with Crippen molar-refractivity contribution in [3.8, 4) is 11.1 Å². The summed E-state index contributed by atoms with van der Waals surface area (Å²) in [5, 5.41) is 0. The van der Waals surface area contributed by atoms with E-state index in [0.29, 0.717) is 5.56 Å². The van der Waals surface area contributed by atoms with E-state index >= 15 is 0 Å². The first-order chi connectivity index (χ1) is 11.4. The lowest BCUT2D eigenvalue weighted by Crippen LogP contribution is -2.58. The van der Waals surface area contributed by atoms with E-state index in [0.717, 1.165) is 15.4 Å². The summed E-state index contributed by atoms with van der Waals surface area (Å²) in [6.07, 6.45) is 1.33. The van der Waals surface area contributed by atoms with Gasteiger partial charge in [0.25, 0.3) is 11.8 Å². The average Bonchev–Trinajstić information content (AvgIpc) is 3.09. The summed E-state index contributed by atoms with van der Waals surface area (Å²) in [5.41, 5.74) is 1.21. The van der Waals surface area contributed by atoms with Gasteiger partial charge in [-0.1, -0.05) is 30.3 Å². The van der Waals surface area contributed by atoms with Gasteiger partial charge in [0.2, 0.25) is 5.78 Å². The molecule has 1 fully saturated rings. The van der Waals surface area contributed by atoms with Crippen molar-refractivity contribution in [3.63, 3.8) is 0 Å². The summed E-state index contributed by atoms with van der Waals surface area (Å²) in [5.74, 6) is -4.18. The monoisotopic (exact) mass is 326 g/mol. The zero-order chi connectivity index (χ0) is 17.4. The van der Waals surface area contributed by atoms with Crippen molar-refractivity contribution in [2.45, 2.75) is 0 Å². The van der Waals surface area contributed by atoms with Crippen LogP contribution in [-0.2, 0) is 9.59 Å². The molecule has 122 valence electrons. The maximum Gasteiger partial charge on any atom is 0.332 e. The Kier molecular flexibility index (Phi) is 3.76. The summed E-state index contributed by atoms with van der Waals surface area (Å²) in [4.78, 5) is 50.6. The number of furan rings is 1. The molecule has 24 heavy (non-hydrogen) atoms. The molecule has 0 saturated carbocycles. The van der Waals surface area contributed by atoms with E-state index < -0.39 is 29.5 Å². The highest BCUT2D eigenvalue weighted by Crippen LogP contribution is 2.29. The molecule has 0 unspecified atom stereocenters. The highest BCUT2D eigenvalue weighted by atomic mass is 16.3. The van der Waals surface area contributed by atoms with Gasteiger partial charge in [-0.3, -0.25) is 24.2 Å². The Hall–Kier alpha value is -3.22. The van der Waals surface area contributed by atoms with Crippen molar-refractivity contribution in [2.24, 2.45) is 5.92 Å². The predicted molar refractivity (Wildman–Crippen MR) is 82.9 cm³/mol. The zero-order valence-electron chi connectivity index (χ0n) is 13.1. The molecule has 2 heterocycles. The second kappa shape index (κ2) is 5.77. The third kappa shape index (κ3) is 2.30. The van der Waals surface area contributed by atoms with Crippen LogP contribution >= 0.6 is 0 Å². The number of amides is 4. The number of imide groups is 2. The fourth-order valence-corrected chi connectivity index (χ4v) is 2.61. The van der Waals surface area contributed by atoms with Crippen LogP contribution in [0.25, 0.3) is 11.1 Å². The minimum absolute atomic E-state index is 0.0796. The molecule has 0 radical (unpaired) electrons. The number of carbonyl (C=O) groups is 4. The lowest BCUT2D eigenvalue weighted by Gasteiger charge is -2.31. The molecule has 1 saturated heterocycles. The Bertz CT molecular complexity index is 816. The van der Waals surface area contributed by atoms with Crippen molar-refractivity contribution < 1.29 is 23.6 Å². The van der Waals surface area contributed by atoms with E-state index in [-0.39, 0.29) is 5.76 Å². The molecule has 1 aromatic heterocycles. The van der Waals surface area contributed by atoms with Gasteiger partial charge in [-0.05, 0) is 11.6 Å². The van der Waals surface area contributed by atoms with Crippen LogP contribution in [0.4, 0.5) is 4.79 Å². The molecule has 1 aliphatic rings. The Morgan fingerprint density at radius 1 is 0.958 bits per heavy atom. The molecule has 1 aromatic carbocycles. The lowest BCUT2D eigenvalue weighted by atomic mass is 9.93. The number of nitrogens with zero attached hydrogens (tertiary/aromatic N) is 2. The van der Waals surface area contributed by atoms with Gasteiger partial charge in [0.15, 0.2) is 11.7 Å². The van der Waals surface area contributed by atoms with Gasteiger partial charge in [0, 0.05) is 19.7 Å². The van der Waals surface area contributed by atoms with Crippen molar-refractivity contribution in [1.82, 2.24) is 9.80 Å². The van der Waals surface area contributed by atoms with Crippen LogP contribution in [-0.4, -0.2) is 47.5 Å². The van der Waals surface area contributed by atoms with E-state index in [2.05, 4.69) is 0 Å². The topological polar surface area (TPSA) is 87.9 Å². The van der Waals surface area contributed by atoms with Crippen LogP contribution in [0.15, 0.2) is 47.1 Å². The molecule has 1 aliphatic heterocycles. The standard InChI is InChI=1S/C17H14N2O5/c1-18-15(21)12(16(22)19(2)17(18)23)13(20)14-11(8-9-24-14)10-6-4-3-5-7-10/h3-9,12H,1-2H3. The second-order valence-electron chi connectivity index (χ2n) is 5.40. The van der Waals surface area contributed by atoms with E-state index in [1.807, 2.05) is 6.07 Å². The summed E-state index contributed by atoms with van der Waals surface area (Å²) in [6, 6.07) is 9.83. The quantitative estimate of drug-likeness (QED) is 0.634. The van der Waals surface area contributed by atoms with Crippen LogP contribution < -0.4 is 0 Å². The molecule has 0 N–H and O–H groups in total. The number of urea groups is 1. The van der Waals surface area contributed by atoms with Gasteiger partial charge in [0.1, 0.15) is 0 Å². The molecule has 7 nitrogen and oxygen atoms in total. The van der Waals surface area contributed by atoms with Gasteiger partial charge < -0.3 is 4.42 Å². The lowest BCUT2D eigenvalue weighted by molar-refractivity contribution is -0.145. The number of hydrogen-bond donors (Lipinski definition) is 0. The largest absolute Gasteiger partial charge is 0.461 e. The molecular weight excluding hydrogens is 312 g/mol. The summed E-state index contributed by atoms with van der Waals surface area (Å²) in [7, 11) is 2.46. The number of barbiturate groups is 1. The number of rotatable bonds is 3. The third-order valence-corrected chi connectivity index (χ3v) is 3.96. The highest BCUT2D eigenvalue weighted by Gasteiger charge is 2.48. The number of carbonyl (C=O) groups excluding carboxylic acids is 4. The van der Waals surface area contributed by atoms with E-state index in [9.17, 15) is 19.2 Å². The summed E-state index contributed by atoms with van der Waals surface area (Å²) < 4.78 is 5.25. The van der Waals surface area contributed by atoms with E-state index in [1.165, 1.54) is 20.4 Å². The molecule has 3 rings (SSSR count). The number of hydrogen-bond acceptors (Lipinski definition) is 5. The average molecular weight is 326 g/mol. The molecule has 0 atom stereocenters. The third-order valence-electron chi connectivity index (χ3n) is 3.96. The fourth-order valence-electron chi connectivity index (χ4n) is 2.61. The molecule has 2 aromatic rings. The first-order valence-corrected chi connectivity index (χ1v) is 7.19. The van der Waals surface area contributed by atoms with Crippen molar-refractivity contribution in [1.29, 1.82) is 0 Å². The Morgan fingerprint density at radius 2 is 1.54 bits per heavy atom. The van der Waals surface area contributed by atoms with Crippen LogP contribution in [0.1, 0.15) is 10.6 Å². The van der Waals surface area contributed by atoms with Crippen molar-refractivity contribution in [3.05, 3.63) is 48.4 Å². The maximum atomic E-state index is 12.8. The SMILES string of the molecule is CN1C(=O)C(C(=O)c2occc2-c2ccccc2)C(=O)N(C)C1=O. The Balaban J connectivity index is 2.01. The van der Waals surface area contributed by atoms with Gasteiger partial charge >= 0.3 is 6.03 Å². The van der Waals surface area contributed by atoms with Crippen molar-refractivity contribution in [2.75, 3.05) is 14.1 Å². The molecule has 4 amide bonds. The normalized spacial score (nSPS) is 16.0. The fraction of sp³-hybridized carbons (Fsp3) is 0.176. The van der Waals surface area contributed by atoms with E-state index in [1.54, 1.807) is 30.3 Å². The molecule has 7 heteroatoms. The molecular formula is C17H14N2O5. The number of benzene rings is 1. The van der Waals surface area contributed by atoms with Crippen LogP contribution in [0.5, 0.6) is 0 Å².